The molecule has 20 aliphatic rings. The zero-order valence-electron chi connectivity index (χ0n) is 49.5. The van der Waals surface area contributed by atoms with Crippen molar-refractivity contribution in [3.8, 4) is 0 Å². The highest BCUT2D eigenvalue weighted by Gasteiger charge is 2.01. The predicted molar refractivity (Wildman–Crippen MR) is 344 cm³/mol. The molecule has 0 aromatic carbocycles. The van der Waals surface area contributed by atoms with Crippen molar-refractivity contribution >= 4 is 0 Å². The van der Waals surface area contributed by atoms with Gasteiger partial charge in [0.15, 0.2) is 0 Å². The summed E-state index contributed by atoms with van der Waals surface area (Å²) in [6, 6.07) is 0. The summed E-state index contributed by atoms with van der Waals surface area (Å²) in [4.78, 5) is 0. The van der Waals surface area contributed by atoms with Crippen LogP contribution in [0.2, 0.25) is 0 Å². The molecule has 0 aliphatic heterocycles. The Balaban J connectivity index is -0.0000000801. The second-order valence-electron chi connectivity index (χ2n) is 24.7. The first-order chi connectivity index (χ1) is 35.0. The molecule has 20 aliphatic carbocycles. The molecule has 0 aromatic rings. The van der Waals surface area contributed by atoms with E-state index in [1.807, 2.05) is 0 Å². The van der Waals surface area contributed by atoms with Gasteiger partial charge in [-0.05, 0) is 0 Å². The van der Waals surface area contributed by atoms with Gasteiger partial charge in [-0.3, -0.25) is 0 Å². The molecule has 0 heterocycles. The second-order valence-corrected chi connectivity index (χ2v) is 24.7. The fourth-order valence-corrected chi connectivity index (χ4v) is 2.50. The van der Waals surface area contributed by atoms with Crippen LogP contribution in [0.5, 0.6) is 0 Å². The molecule has 0 N–H and O–H groups in total. The summed E-state index contributed by atoms with van der Waals surface area (Å²) >= 11 is 0. The van der Waals surface area contributed by atoms with Crippen molar-refractivity contribution in [1.29, 1.82) is 0 Å². The van der Waals surface area contributed by atoms with E-state index < -0.39 is 0 Å². The summed E-state index contributed by atoms with van der Waals surface area (Å²) in [5.41, 5.74) is 0. The molecule has 20 rings (SSSR count). The maximum Gasteiger partial charge on any atom is 0 e. The van der Waals surface area contributed by atoms with Gasteiger partial charge in [0.05, 0.1) is 0 Å². The van der Waals surface area contributed by atoms with Crippen LogP contribution in [0.25, 0.3) is 0 Å². The minimum atomic E-state index is 0. The molecule has 20 fully saturated rings. The summed E-state index contributed by atoms with van der Waals surface area (Å²) < 4.78 is 0. The third kappa shape index (κ3) is 122. The van der Waals surface area contributed by atoms with Crippen LogP contribution in [0.15, 0.2) is 0 Å². The van der Waals surface area contributed by atoms with Crippen molar-refractivity contribution in [2.45, 2.75) is 449 Å². The van der Waals surface area contributed by atoms with Crippen molar-refractivity contribution in [3.63, 3.8) is 0 Å². The molecule has 0 spiro atoms. The number of hydrogen-bond donors (Lipinski definition) is 0. The molecule has 440 valence electrons. The molecule has 0 bridgehead atoms. The van der Waals surface area contributed by atoms with Crippen molar-refractivity contribution in [2.75, 3.05) is 0 Å². The van der Waals surface area contributed by atoms with Gasteiger partial charge in [0.25, 0.3) is 0 Å². The molecule has 70 heavy (non-hydrogen) atoms. The van der Waals surface area contributed by atoms with Crippen LogP contribution < -0.4 is 0 Å². The maximum absolute atomic E-state index is 1.50. The summed E-state index contributed by atoms with van der Waals surface area (Å²) in [6.07, 6.45) is 105. The van der Waals surface area contributed by atoms with Crippen molar-refractivity contribution in [3.05, 3.63) is 0 Å². The summed E-state index contributed by atoms with van der Waals surface area (Å²) in [5.74, 6) is 0. The first kappa shape index (κ1) is 68.0. The fraction of sp³-hybridized carbons (Fsp3) is 1.00. The van der Waals surface area contributed by atoms with Gasteiger partial charge in [-0.25, -0.2) is 0 Å². The lowest BCUT2D eigenvalue weighted by atomic mass is 10.0. The minimum Gasteiger partial charge on any atom is -0.0533 e. The average molecular weight is 1000 g/mol. The highest BCUT2D eigenvalue weighted by Crippen LogP contribution is 2.21. The van der Waals surface area contributed by atoms with E-state index in [-0.39, 0.29) is 14.3 Å². The first-order valence-electron chi connectivity index (χ1n) is 35.0. The Morgan fingerprint density at radius 1 is 0.0429 bits per heavy atom. The molecule has 0 radical (unpaired) electrons. The van der Waals surface area contributed by atoms with Crippen LogP contribution in [0, 0.1) is 0 Å². The van der Waals surface area contributed by atoms with Gasteiger partial charge in [0.1, 0.15) is 0 Å². The topological polar surface area (TPSA) is 0 Å². The maximum atomic E-state index is 1.50. The van der Waals surface area contributed by atoms with E-state index in [9.17, 15) is 0 Å². The van der Waals surface area contributed by atoms with E-state index >= 15 is 0 Å². The highest BCUT2D eigenvalue weighted by molar-refractivity contribution is 4.57. The molecule has 0 heteroatoms. The average Bonchev–Trinajstić information content (AvgIpc) is 4.05. The van der Waals surface area contributed by atoms with Gasteiger partial charge in [-0.1, -0.05) is 449 Å². The lowest BCUT2D eigenvalue weighted by Crippen LogP contribution is -1.85. The van der Waals surface area contributed by atoms with Crippen molar-refractivity contribution < 1.29 is 14.3 Å². The summed E-state index contributed by atoms with van der Waals surface area (Å²) in [5, 5.41) is 0. The standard InChI is InChI=1S/10C4H8.10C3H6.10H2/c10*1-2-4-3-1;10*1-2-3-1;;;;;;;;;;/h10*1-4H2;10*1-3H2;10*1H. The molecule has 0 nitrogen and oxygen atoms in total. The third-order valence-corrected chi connectivity index (χ3v) is 13.5. The first-order valence-corrected chi connectivity index (χ1v) is 35.0. The van der Waals surface area contributed by atoms with Gasteiger partial charge in [-0.15, -0.1) is 0 Å². The van der Waals surface area contributed by atoms with E-state index in [0.717, 1.165) is 0 Å². The zero-order chi connectivity index (χ0) is 49.5. The normalized spacial score (nSPS) is 24.0. The van der Waals surface area contributed by atoms with Gasteiger partial charge >= 0.3 is 0 Å². The van der Waals surface area contributed by atoms with Crippen LogP contribution >= 0.6 is 0 Å². The predicted octanol–water partition coefficient (Wildman–Crippen LogP) is 29.8. The van der Waals surface area contributed by atoms with E-state index in [1.54, 1.807) is 0 Å². The van der Waals surface area contributed by atoms with Gasteiger partial charge in [-0.2, -0.15) is 0 Å². The largest absolute Gasteiger partial charge is 0.0533 e. The summed E-state index contributed by atoms with van der Waals surface area (Å²) in [6.45, 7) is 0. The van der Waals surface area contributed by atoms with Gasteiger partial charge in [0, 0.05) is 14.3 Å². The molecular weight excluding hydrogens is 841 g/mol. The molecule has 0 aromatic heterocycles. The fourth-order valence-electron chi connectivity index (χ4n) is 2.50. The van der Waals surface area contributed by atoms with E-state index in [2.05, 4.69) is 0 Å². The zero-order valence-corrected chi connectivity index (χ0v) is 49.5. The molecule has 0 unspecified atom stereocenters. The van der Waals surface area contributed by atoms with Crippen LogP contribution in [0.4, 0.5) is 0 Å². The van der Waals surface area contributed by atoms with E-state index in [0.29, 0.717) is 0 Å². The van der Waals surface area contributed by atoms with Crippen LogP contribution in [0.3, 0.4) is 0 Å². The lowest BCUT2D eigenvalue weighted by Gasteiger charge is -2.05. The van der Waals surface area contributed by atoms with Crippen LogP contribution in [0.1, 0.15) is 464 Å². The molecule has 20 saturated carbocycles. The van der Waals surface area contributed by atoms with E-state index in [4.69, 9.17) is 0 Å². The molecule has 0 atom stereocenters. The smallest absolute Gasteiger partial charge is 0 e. The number of rotatable bonds is 0. The highest BCUT2D eigenvalue weighted by atomic mass is 14.1. The monoisotopic (exact) mass is 1000 g/mol. The quantitative estimate of drug-likeness (QED) is 0.227. The van der Waals surface area contributed by atoms with Gasteiger partial charge in [0.2, 0.25) is 0 Å². The molecule has 0 saturated heterocycles. The number of hydrogen-bond acceptors (Lipinski definition) is 0. The Hall–Kier alpha value is 0. The van der Waals surface area contributed by atoms with E-state index in [1.165, 1.54) is 449 Å². The van der Waals surface area contributed by atoms with Crippen LogP contribution in [-0.4, -0.2) is 0 Å². The van der Waals surface area contributed by atoms with Crippen molar-refractivity contribution in [2.24, 2.45) is 0 Å². The summed E-state index contributed by atoms with van der Waals surface area (Å²) in [7, 11) is 0. The molecular formula is C70H160. The van der Waals surface area contributed by atoms with Crippen LogP contribution in [-0.2, 0) is 0 Å². The van der Waals surface area contributed by atoms with Gasteiger partial charge < -0.3 is 0 Å². The Kier molecular flexibility index (Phi) is 63.3. The lowest BCUT2D eigenvalue weighted by molar-refractivity contribution is 0.504. The van der Waals surface area contributed by atoms with Crippen molar-refractivity contribution in [1.82, 2.24) is 0 Å². The SMILES string of the molecule is C1CC1.C1CC1.C1CC1.C1CC1.C1CC1.C1CC1.C1CC1.C1CC1.C1CC1.C1CC1.C1CCC1.C1CCC1.C1CCC1.C1CCC1.C1CCC1.C1CCC1.C1CCC1.C1CCC1.C1CCC1.C1CCC1.[HH].[HH].[HH].[HH].[HH].[HH].[HH].[HH].[HH].[HH]. The molecule has 0 amide bonds. The third-order valence-electron chi connectivity index (χ3n) is 13.5. The Morgan fingerprint density at radius 2 is 0.0571 bits per heavy atom. The second kappa shape index (κ2) is 65.1. The minimum absolute atomic E-state index is 0. The Bertz CT molecular complexity index is 542. The Morgan fingerprint density at radius 3 is 0.0571 bits per heavy atom. The Labute approximate surface area is 462 Å².